The van der Waals surface area contributed by atoms with Crippen molar-refractivity contribution in [3.63, 3.8) is 0 Å². The van der Waals surface area contributed by atoms with Gasteiger partial charge in [-0.25, -0.2) is 0 Å². The molecule has 0 aliphatic rings. The quantitative estimate of drug-likeness (QED) is 0.316. The second-order valence-corrected chi connectivity index (χ2v) is 7.07. The Morgan fingerprint density at radius 1 is 0.870 bits per heavy atom. The van der Waals surface area contributed by atoms with Crippen LogP contribution < -0.4 is 5.73 Å². The first-order valence-corrected chi connectivity index (χ1v) is 10.3. The van der Waals surface area contributed by atoms with Crippen LogP contribution in [0, 0.1) is 0 Å². The van der Waals surface area contributed by atoms with Gasteiger partial charge in [0.2, 0.25) is 0 Å². The number of hydrogen-bond donors (Lipinski definition) is 2. The molecule has 0 saturated heterocycles. The number of carbonyl (C=O) groups excluding carboxylic acids is 1. The van der Waals surface area contributed by atoms with Crippen LogP contribution >= 0.6 is 9.24 Å². The highest BCUT2D eigenvalue weighted by Crippen LogP contribution is 2.11. The minimum absolute atomic E-state index is 0.257. The van der Waals surface area contributed by atoms with Crippen LogP contribution in [0.2, 0.25) is 0 Å². The van der Waals surface area contributed by atoms with Crippen LogP contribution in [0.25, 0.3) is 0 Å². The average Bonchev–Trinajstić information content (AvgIpc) is 2.53. The van der Waals surface area contributed by atoms with Crippen molar-refractivity contribution in [2.45, 2.75) is 110 Å². The highest BCUT2D eigenvalue weighted by molar-refractivity contribution is 7.40. The topological polar surface area (TPSA) is 63.3 Å². The first-order chi connectivity index (χ1) is 11.1. The van der Waals surface area contributed by atoms with Gasteiger partial charge in [0, 0.05) is 13.0 Å². The van der Waals surface area contributed by atoms with Crippen LogP contribution in [0.1, 0.15) is 104 Å². The smallest absolute Gasteiger partial charge is 0.148 e. The van der Waals surface area contributed by atoms with Crippen LogP contribution in [0.15, 0.2) is 0 Å². The summed E-state index contributed by atoms with van der Waals surface area (Å²) in [4.78, 5) is 10.6. The van der Waals surface area contributed by atoms with E-state index in [4.69, 9.17) is 10.8 Å². The zero-order chi connectivity index (χ0) is 17.8. The van der Waals surface area contributed by atoms with E-state index in [0.717, 1.165) is 25.7 Å². The van der Waals surface area contributed by atoms with Crippen molar-refractivity contribution in [3.8, 4) is 0 Å². The van der Waals surface area contributed by atoms with Gasteiger partial charge in [-0.1, -0.05) is 93.7 Å². The summed E-state index contributed by atoms with van der Waals surface area (Å²) in [7, 11) is 2.25. The summed E-state index contributed by atoms with van der Waals surface area (Å²) >= 11 is 0. The molecule has 140 valence electrons. The average molecular weight is 348 g/mol. The Morgan fingerprint density at radius 2 is 1.30 bits per heavy atom. The van der Waals surface area contributed by atoms with E-state index >= 15 is 0 Å². The van der Waals surface area contributed by atoms with Gasteiger partial charge in [0.25, 0.3) is 0 Å². The lowest BCUT2D eigenvalue weighted by molar-refractivity contribution is -0.111. The van der Waals surface area contributed by atoms with E-state index in [1.54, 1.807) is 0 Å². The second kappa shape index (κ2) is 22.0. The lowest BCUT2D eigenvalue weighted by Crippen LogP contribution is -2.19. The molecule has 0 aliphatic carbocycles. The first kappa shape index (κ1) is 25.3. The standard InChI is InChI=1S/C12H25OP.C7H17NO/c1-2-3-4-5-6-7-8-9-10-11-12(13)14;1-2-3-4-5-7(9)6-8/h2-11,14H2,1H3;7,9H,2-6,8H2,1H3. The lowest BCUT2D eigenvalue weighted by atomic mass is 10.1. The Kier molecular flexibility index (Phi) is 24.2. The monoisotopic (exact) mass is 347 g/mol. The van der Waals surface area contributed by atoms with Crippen molar-refractivity contribution in [3.05, 3.63) is 0 Å². The van der Waals surface area contributed by atoms with Gasteiger partial charge in [-0.2, -0.15) is 0 Å². The zero-order valence-electron chi connectivity index (χ0n) is 15.7. The predicted octanol–water partition coefficient (Wildman–Crippen LogP) is 5.20. The molecule has 0 fully saturated rings. The summed E-state index contributed by atoms with van der Waals surface area (Å²) in [5.41, 5.74) is 5.46. The molecule has 0 aromatic rings. The fourth-order valence-electron chi connectivity index (χ4n) is 2.36. The van der Waals surface area contributed by atoms with Crippen molar-refractivity contribution in [1.29, 1.82) is 0 Å². The third kappa shape index (κ3) is 27.2. The molecule has 0 spiro atoms. The van der Waals surface area contributed by atoms with Crippen LogP contribution in [0.4, 0.5) is 0 Å². The van der Waals surface area contributed by atoms with E-state index in [0.29, 0.717) is 6.54 Å². The Balaban J connectivity index is 0. The molecule has 0 heterocycles. The normalized spacial score (nSPS) is 11.7. The molecule has 0 aromatic heterocycles. The number of rotatable bonds is 15. The zero-order valence-corrected chi connectivity index (χ0v) is 16.8. The Morgan fingerprint density at radius 3 is 1.74 bits per heavy atom. The molecule has 0 saturated carbocycles. The highest BCUT2D eigenvalue weighted by Gasteiger charge is 1.98. The Hall–Kier alpha value is 0.0200. The molecule has 0 rings (SSSR count). The molecule has 2 unspecified atom stereocenters. The molecule has 0 radical (unpaired) electrons. The molecule has 2 atom stereocenters. The largest absolute Gasteiger partial charge is 0.392 e. The van der Waals surface area contributed by atoms with Gasteiger partial charge in [0.15, 0.2) is 0 Å². The fraction of sp³-hybridized carbons (Fsp3) is 0.947. The summed E-state index contributed by atoms with van der Waals surface area (Å²) in [6.07, 6.45) is 16.7. The summed E-state index contributed by atoms with van der Waals surface area (Å²) in [6, 6.07) is 0. The van der Waals surface area contributed by atoms with E-state index in [1.807, 2.05) is 0 Å². The SMILES string of the molecule is CCCCCC(O)CN.CCCCCCCCCCCC(=O)P. The molecule has 3 N–H and O–H groups in total. The summed E-state index contributed by atoms with van der Waals surface area (Å²) in [6.45, 7) is 4.80. The van der Waals surface area contributed by atoms with Crippen molar-refractivity contribution < 1.29 is 9.90 Å². The maximum atomic E-state index is 10.6. The molecule has 0 aliphatic heterocycles. The van der Waals surface area contributed by atoms with Crippen LogP contribution in [0.3, 0.4) is 0 Å². The predicted molar refractivity (Wildman–Crippen MR) is 106 cm³/mol. The van der Waals surface area contributed by atoms with Crippen molar-refractivity contribution in [2.24, 2.45) is 5.73 Å². The molecular weight excluding hydrogens is 305 g/mol. The van der Waals surface area contributed by atoms with Crippen LogP contribution in [-0.4, -0.2) is 23.3 Å². The Labute approximate surface area is 147 Å². The van der Waals surface area contributed by atoms with Gasteiger partial charge in [0.05, 0.1) is 6.10 Å². The summed E-state index contributed by atoms with van der Waals surface area (Å²) < 4.78 is 0. The van der Waals surface area contributed by atoms with Gasteiger partial charge in [-0.05, 0) is 12.8 Å². The van der Waals surface area contributed by atoms with Gasteiger partial charge in [-0.3, -0.25) is 4.79 Å². The van der Waals surface area contributed by atoms with Crippen LogP contribution in [-0.2, 0) is 4.79 Å². The molecule has 0 amide bonds. The molecule has 0 aromatic carbocycles. The van der Waals surface area contributed by atoms with Crippen molar-refractivity contribution in [1.82, 2.24) is 0 Å². The highest BCUT2D eigenvalue weighted by atomic mass is 31.0. The van der Waals surface area contributed by atoms with Gasteiger partial charge >= 0.3 is 0 Å². The number of nitrogens with two attached hydrogens (primary N) is 1. The number of hydrogen-bond acceptors (Lipinski definition) is 3. The van der Waals surface area contributed by atoms with Crippen molar-refractivity contribution in [2.75, 3.05) is 6.54 Å². The molecule has 4 heteroatoms. The molecule has 0 bridgehead atoms. The Bertz CT molecular complexity index is 237. The van der Waals surface area contributed by atoms with Gasteiger partial charge < -0.3 is 10.8 Å². The number of unbranched alkanes of at least 4 members (excludes halogenated alkanes) is 10. The van der Waals surface area contributed by atoms with E-state index in [-0.39, 0.29) is 11.6 Å². The second-order valence-electron chi connectivity index (χ2n) is 6.43. The molecule has 3 nitrogen and oxygen atoms in total. The number of carbonyl (C=O) groups is 1. The van der Waals surface area contributed by atoms with Gasteiger partial charge in [0.1, 0.15) is 5.52 Å². The maximum Gasteiger partial charge on any atom is 0.148 e. The first-order valence-electron chi connectivity index (χ1n) is 9.74. The lowest BCUT2D eigenvalue weighted by Gasteiger charge is -2.04. The third-order valence-corrected chi connectivity index (χ3v) is 4.23. The van der Waals surface area contributed by atoms with Crippen LogP contribution in [0.5, 0.6) is 0 Å². The number of aliphatic hydroxyl groups is 1. The van der Waals surface area contributed by atoms with E-state index in [1.165, 1.54) is 64.2 Å². The van der Waals surface area contributed by atoms with E-state index in [9.17, 15) is 4.79 Å². The third-order valence-electron chi connectivity index (χ3n) is 3.94. The van der Waals surface area contributed by atoms with E-state index in [2.05, 4.69) is 23.1 Å². The fourth-order valence-corrected chi connectivity index (χ4v) is 2.56. The molecular formula is C19H42NO2P. The summed E-state index contributed by atoms with van der Waals surface area (Å²) in [5.74, 6) is 0. The van der Waals surface area contributed by atoms with Crippen molar-refractivity contribution >= 4 is 14.8 Å². The maximum absolute atomic E-state index is 10.6. The minimum atomic E-state index is -0.267. The van der Waals surface area contributed by atoms with E-state index < -0.39 is 0 Å². The minimum Gasteiger partial charge on any atom is -0.392 e. The molecule has 23 heavy (non-hydrogen) atoms. The van der Waals surface area contributed by atoms with Gasteiger partial charge in [-0.15, -0.1) is 0 Å². The number of aliphatic hydroxyl groups excluding tert-OH is 1. The summed E-state index contributed by atoms with van der Waals surface area (Å²) in [5, 5.41) is 8.96.